The number of H-pyrrole nitrogens is 1. The van der Waals surface area contributed by atoms with Crippen LogP contribution in [0.3, 0.4) is 0 Å². The van der Waals surface area contributed by atoms with Crippen LogP contribution < -0.4 is 11.2 Å². The number of nitrogens with zero attached hydrogens (tertiary/aromatic N) is 3. The quantitative estimate of drug-likeness (QED) is 0.145. The number of hydrogen-bond acceptors (Lipinski definition) is 10. The van der Waals surface area contributed by atoms with Crippen LogP contribution in [0.4, 0.5) is 0 Å². The van der Waals surface area contributed by atoms with Gasteiger partial charge in [0.1, 0.15) is 31.3 Å². The second kappa shape index (κ2) is 9.44. The number of hydrogen-bond donors (Lipinski definition) is 5. The standard InChI is InChI=1S/C20H22N4O9/c1-8-3-10-11(4-9(8)2)24(18-16(21-10)19(31)23-20(32)22-18)6-12(25)17(30)13(26)7-33-15(29)5-14(27)28/h3-4,12-13,17,25-26,30H,5-7H2,1-2H3,(H,27,28)(H,23,31,32)/t12-,13+,17-/m1/s1. The number of carboxylic acid groups (broad SMARTS) is 1. The van der Waals surface area contributed by atoms with Gasteiger partial charge in [-0.05, 0) is 37.1 Å². The minimum atomic E-state index is -1.83. The summed E-state index contributed by atoms with van der Waals surface area (Å²) in [5, 5.41) is 39.5. The molecule has 2 heterocycles. The molecule has 0 saturated heterocycles. The number of rotatable bonds is 8. The first-order valence-corrected chi connectivity index (χ1v) is 9.81. The summed E-state index contributed by atoms with van der Waals surface area (Å²) in [5.74, 6) is -2.68. The van der Waals surface area contributed by atoms with E-state index in [0.29, 0.717) is 11.0 Å². The smallest absolute Gasteiger partial charge is 0.349 e. The van der Waals surface area contributed by atoms with E-state index in [1.54, 1.807) is 12.1 Å². The van der Waals surface area contributed by atoms with Gasteiger partial charge >= 0.3 is 17.6 Å². The molecule has 0 saturated carbocycles. The van der Waals surface area contributed by atoms with Gasteiger partial charge in [-0.1, -0.05) is 0 Å². The number of aromatic amines is 1. The first-order chi connectivity index (χ1) is 15.5. The molecule has 33 heavy (non-hydrogen) atoms. The lowest BCUT2D eigenvalue weighted by Crippen LogP contribution is -2.43. The summed E-state index contributed by atoms with van der Waals surface area (Å²) in [6.45, 7) is 2.51. The maximum Gasteiger partial charge on any atom is 0.349 e. The van der Waals surface area contributed by atoms with Gasteiger partial charge < -0.3 is 29.7 Å². The van der Waals surface area contributed by atoms with Crippen LogP contribution in [0.15, 0.2) is 21.7 Å². The number of benzene rings is 1. The molecule has 0 fully saturated rings. The van der Waals surface area contributed by atoms with Crippen molar-refractivity contribution in [3.05, 3.63) is 44.1 Å². The van der Waals surface area contributed by atoms with E-state index in [1.807, 2.05) is 18.8 Å². The Kier molecular flexibility index (Phi) is 6.86. The zero-order valence-corrected chi connectivity index (χ0v) is 17.7. The Labute approximate surface area is 185 Å². The number of ether oxygens (including phenoxy) is 1. The summed E-state index contributed by atoms with van der Waals surface area (Å²) in [6, 6.07) is 3.43. The Morgan fingerprint density at radius 2 is 1.76 bits per heavy atom. The van der Waals surface area contributed by atoms with Crippen molar-refractivity contribution in [1.82, 2.24) is 19.5 Å². The Morgan fingerprint density at radius 1 is 1.09 bits per heavy atom. The van der Waals surface area contributed by atoms with Gasteiger partial charge in [0, 0.05) is 0 Å². The number of aryl methyl sites for hydroxylation is 2. The second-order valence-corrected chi connectivity index (χ2v) is 7.57. The third-order valence-corrected chi connectivity index (χ3v) is 5.09. The molecule has 13 heteroatoms. The molecule has 0 amide bonds. The summed E-state index contributed by atoms with van der Waals surface area (Å²) in [7, 11) is 0. The molecule has 0 radical (unpaired) electrons. The normalized spacial score (nSPS) is 14.2. The van der Waals surface area contributed by atoms with Crippen LogP contribution in [0.5, 0.6) is 0 Å². The van der Waals surface area contributed by atoms with E-state index in [4.69, 9.17) is 5.11 Å². The van der Waals surface area contributed by atoms with Crippen molar-refractivity contribution < 1.29 is 34.8 Å². The SMILES string of the molecule is Cc1cc2nc3c(=O)[nH]c(=O)nc-3n(C[C@@H](O)[C@@H](O)[C@@H](O)COC(=O)CC(=O)O)c2cc1C. The van der Waals surface area contributed by atoms with Gasteiger partial charge in [0.2, 0.25) is 0 Å². The summed E-state index contributed by atoms with van der Waals surface area (Å²) >= 11 is 0. The average Bonchev–Trinajstić information content (AvgIpc) is 2.72. The predicted molar refractivity (Wildman–Crippen MR) is 112 cm³/mol. The Balaban J connectivity index is 1.95. The third kappa shape index (κ3) is 5.22. The van der Waals surface area contributed by atoms with Crippen LogP contribution in [0.1, 0.15) is 17.5 Å². The van der Waals surface area contributed by atoms with Crippen LogP contribution in [0.2, 0.25) is 0 Å². The van der Waals surface area contributed by atoms with E-state index in [-0.39, 0.29) is 11.5 Å². The zero-order chi connectivity index (χ0) is 24.4. The van der Waals surface area contributed by atoms with E-state index in [1.165, 1.54) is 4.57 Å². The first-order valence-electron chi connectivity index (χ1n) is 9.81. The van der Waals surface area contributed by atoms with Gasteiger partial charge in [-0.15, -0.1) is 0 Å². The van der Waals surface area contributed by atoms with Crippen molar-refractivity contribution in [3.8, 4) is 11.5 Å². The minimum Gasteiger partial charge on any atom is -0.481 e. The highest BCUT2D eigenvalue weighted by Crippen LogP contribution is 2.24. The van der Waals surface area contributed by atoms with Crippen LogP contribution in [-0.2, 0) is 20.9 Å². The van der Waals surface area contributed by atoms with E-state index in [9.17, 15) is 34.5 Å². The maximum absolute atomic E-state index is 12.3. The highest BCUT2D eigenvalue weighted by molar-refractivity contribution is 5.90. The van der Waals surface area contributed by atoms with Gasteiger partial charge in [-0.25, -0.2) is 9.78 Å². The summed E-state index contributed by atoms with van der Waals surface area (Å²) in [5.41, 5.74) is 0.661. The van der Waals surface area contributed by atoms with Crippen molar-refractivity contribution in [1.29, 1.82) is 0 Å². The topological polar surface area (TPSA) is 205 Å². The molecule has 13 nitrogen and oxygen atoms in total. The van der Waals surface area contributed by atoms with Crippen LogP contribution in [0, 0.1) is 13.8 Å². The third-order valence-electron chi connectivity index (χ3n) is 5.09. The largest absolute Gasteiger partial charge is 0.481 e. The number of aliphatic hydroxyl groups excluding tert-OH is 3. The summed E-state index contributed by atoms with van der Waals surface area (Å²) in [6.07, 6.45) is -6.15. The van der Waals surface area contributed by atoms with Gasteiger partial charge in [0.25, 0.3) is 5.56 Å². The lowest BCUT2D eigenvalue weighted by atomic mass is 10.1. The van der Waals surface area contributed by atoms with Crippen molar-refractivity contribution >= 4 is 23.0 Å². The molecule has 3 rings (SSSR count). The van der Waals surface area contributed by atoms with Gasteiger partial charge in [0.15, 0.2) is 11.5 Å². The first kappa shape index (κ1) is 24.0. The van der Waals surface area contributed by atoms with Crippen molar-refractivity contribution in [2.75, 3.05) is 6.61 Å². The zero-order valence-electron chi connectivity index (χ0n) is 17.7. The number of esters is 1. The highest BCUT2D eigenvalue weighted by Gasteiger charge is 2.29. The Morgan fingerprint density at radius 3 is 2.42 bits per heavy atom. The molecule has 0 aromatic heterocycles. The number of aliphatic hydroxyl groups is 3. The average molecular weight is 462 g/mol. The van der Waals surface area contributed by atoms with Crippen LogP contribution in [0.25, 0.3) is 22.6 Å². The monoisotopic (exact) mass is 462 g/mol. The van der Waals surface area contributed by atoms with Crippen LogP contribution in [-0.4, -0.2) is 76.8 Å². The minimum absolute atomic E-state index is 0.131. The number of carbonyl (C=O) groups excluding carboxylic acids is 1. The van der Waals surface area contributed by atoms with Gasteiger partial charge in [0.05, 0.1) is 17.6 Å². The molecule has 3 atom stereocenters. The van der Waals surface area contributed by atoms with Gasteiger partial charge in [-0.3, -0.25) is 19.4 Å². The number of aliphatic carboxylic acids is 1. The van der Waals surface area contributed by atoms with Crippen molar-refractivity contribution in [2.24, 2.45) is 0 Å². The number of carboxylic acids is 1. The summed E-state index contributed by atoms with van der Waals surface area (Å²) in [4.78, 5) is 56.0. The molecular formula is C20H22N4O9. The van der Waals surface area contributed by atoms with Crippen molar-refractivity contribution in [2.45, 2.75) is 45.1 Å². The molecule has 0 aliphatic carbocycles. The molecular weight excluding hydrogens is 440 g/mol. The van der Waals surface area contributed by atoms with Crippen LogP contribution >= 0.6 is 0 Å². The second-order valence-electron chi connectivity index (χ2n) is 7.57. The molecule has 0 bridgehead atoms. The Bertz CT molecular complexity index is 1300. The number of nitrogens with one attached hydrogen (secondary N) is 1. The molecule has 0 unspecified atom stereocenters. The lowest BCUT2D eigenvalue weighted by molar-refractivity contribution is -0.157. The van der Waals surface area contributed by atoms with E-state index < -0.39 is 61.1 Å². The fourth-order valence-electron chi connectivity index (χ4n) is 3.24. The Hall–Kier alpha value is -3.68. The predicted octanol–water partition coefficient (Wildman–Crippen LogP) is -1.70. The molecule has 1 aromatic carbocycles. The number of fused-ring (bicyclic) bond motifs is 2. The molecule has 1 aromatic rings. The molecule has 2 aliphatic heterocycles. The van der Waals surface area contributed by atoms with E-state index in [0.717, 1.165) is 11.1 Å². The highest BCUT2D eigenvalue weighted by atomic mass is 16.5. The summed E-state index contributed by atoms with van der Waals surface area (Å²) < 4.78 is 5.91. The molecule has 2 aliphatic rings. The number of carbonyl (C=O) groups is 2. The van der Waals surface area contributed by atoms with Gasteiger partial charge in [-0.2, -0.15) is 4.98 Å². The van der Waals surface area contributed by atoms with E-state index in [2.05, 4.69) is 14.7 Å². The fraction of sp³-hybridized carbons (Fsp3) is 0.400. The van der Waals surface area contributed by atoms with E-state index >= 15 is 0 Å². The molecule has 0 spiro atoms. The molecule has 176 valence electrons. The lowest BCUT2D eigenvalue weighted by Gasteiger charge is -2.25. The number of aromatic nitrogens is 4. The molecule has 5 N–H and O–H groups in total. The fourth-order valence-corrected chi connectivity index (χ4v) is 3.24. The maximum atomic E-state index is 12.3. The van der Waals surface area contributed by atoms with Crippen molar-refractivity contribution in [3.63, 3.8) is 0 Å².